The third-order valence-corrected chi connectivity index (χ3v) is 8.57. The van der Waals surface area contributed by atoms with Crippen molar-refractivity contribution < 1.29 is 27.1 Å². The predicted molar refractivity (Wildman–Crippen MR) is 172 cm³/mol. The molecule has 2 amide bonds. The van der Waals surface area contributed by atoms with Crippen molar-refractivity contribution in [2.24, 2.45) is 4.99 Å². The number of ether oxygens (including phenoxy) is 1. The smallest absolute Gasteiger partial charge is 0.406 e. The van der Waals surface area contributed by atoms with Crippen LogP contribution in [0.2, 0.25) is 0 Å². The number of carbonyl (C=O) groups is 1. The van der Waals surface area contributed by atoms with Gasteiger partial charge in [-0.15, -0.1) is 18.3 Å². The number of hydrogen-bond donors (Lipinski definition) is 1. The fourth-order valence-electron chi connectivity index (χ4n) is 5.08. The number of aromatic nitrogens is 3. The van der Waals surface area contributed by atoms with Crippen molar-refractivity contribution in [2.45, 2.75) is 51.8 Å². The zero-order chi connectivity index (χ0) is 32.8. The molecule has 2 heterocycles. The first kappa shape index (κ1) is 33.0. The number of carbonyl (C=O) groups excluding carboxylic acids is 1. The lowest BCUT2D eigenvalue weighted by molar-refractivity contribution is -0.274. The molecule has 1 unspecified atom stereocenters. The van der Waals surface area contributed by atoms with E-state index in [0.29, 0.717) is 36.2 Å². The minimum Gasteiger partial charge on any atom is -0.406 e. The Morgan fingerprint density at radius 3 is 2.50 bits per heavy atom. The molecule has 1 aliphatic rings. The van der Waals surface area contributed by atoms with Crippen LogP contribution in [-0.2, 0) is 0 Å². The van der Waals surface area contributed by atoms with E-state index in [0.717, 1.165) is 34.6 Å². The van der Waals surface area contributed by atoms with E-state index < -0.39 is 12.4 Å². The molecular weight excluding hydrogens is 620 g/mol. The second-order valence-electron chi connectivity index (χ2n) is 11.2. The molecule has 8 nitrogen and oxygen atoms in total. The molecule has 0 spiro atoms. The van der Waals surface area contributed by atoms with Gasteiger partial charge in [-0.25, -0.2) is 18.9 Å². The molecule has 1 N–H and O–H groups in total. The highest BCUT2D eigenvalue weighted by Crippen LogP contribution is 2.33. The number of urea groups is 1. The van der Waals surface area contributed by atoms with Gasteiger partial charge in [-0.3, -0.25) is 0 Å². The van der Waals surface area contributed by atoms with E-state index in [9.17, 15) is 22.4 Å². The Bertz CT molecular complexity index is 1670. The molecule has 46 heavy (non-hydrogen) atoms. The highest BCUT2D eigenvalue weighted by molar-refractivity contribution is 8.14. The average Bonchev–Trinajstić information content (AvgIpc) is 3.51. The molecule has 5 rings (SSSR count). The van der Waals surface area contributed by atoms with Gasteiger partial charge in [0.05, 0.1) is 5.69 Å². The van der Waals surface area contributed by atoms with E-state index >= 15 is 0 Å². The number of amidine groups is 1. The van der Waals surface area contributed by atoms with E-state index in [1.807, 2.05) is 43.0 Å². The maximum absolute atomic E-state index is 14.0. The number of rotatable bonds is 9. The molecule has 1 saturated heterocycles. The van der Waals surface area contributed by atoms with Crippen molar-refractivity contribution in [3.8, 4) is 22.8 Å². The van der Waals surface area contributed by atoms with Gasteiger partial charge < -0.3 is 15.0 Å². The predicted octanol–water partition coefficient (Wildman–Crippen LogP) is 8.30. The SMILES string of the molecule is CC(C)c1cc(F)ccc1N1CCCS/C1=N\C(=O)NCCC(C)c1ccc(-c2ncn(-c3ccc(OC(F)(F)F)cc3)n2)cc1. The summed E-state index contributed by atoms with van der Waals surface area (Å²) < 4.78 is 56.6. The number of anilines is 1. The van der Waals surface area contributed by atoms with Gasteiger partial charge in [0.1, 0.15) is 17.9 Å². The Balaban J connectivity index is 1.15. The van der Waals surface area contributed by atoms with Gasteiger partial charge in [0, 0.05) is 30.1 Å². The van der Waals surface area contributed by atoms with Crippen molar-refractivity contribution in [3.63, 3.8) is 0 Å². The van der Waals surface area contributed by atoms with Crippen molar-refractivity contribution in [3.05, 3.63) is 90.0 Å². The zero-order valence-electron chi connectivity index (χ0n) is 25.6. The Hall–Kier alpha value is -4.39. The first-order chi connectivity index (χ1) is 22.0. The van der Waals surface area contributed by atoms with Crippen molar-refractivity contribution in [2.75, 3.05) is 23.7 Å². The first-order valence-corrected chi connectivity index (χ1v) is 15.9. The number of alkyl halides is 3. The van der Waals surface area contributed by atoms with Crippen LogP contribution in [0.4, 0.5) is 28.0 Å². The highest BCUT2D eigenvalue weighted by atomic mass is 32.2. The molecule has 1 aliphatic heterocycles. The molecule has 0 aliphatic carbocycles. The molecule has 0 radical (unpaired) electrons. The van der Waals surface area contributed by atoms with Gasteiger partial charge in [0.15, 0.2) is 11.0 Å². The quantitative estimate of drug-likeness (QED) is 0.183. The summed E-state index contributed by atoms with van der Waals surface area (Å²) in [6, 6.07) is 17.5. The second-order valence-corrected chi connectivity index (χ2v) is 12.3. The number of thioether (sulfide) groups is 1. The Kier molecular flexibility index (Phi) is 10.3. The minimum atomic E-state index is -4.75. The summed E-state index contributed by atoms with van der Waals surface area (Å²) in [6.45, 7) is 7.26. The number of halogens is 4. The number of nitrogens with one attached hydrogen (secondary N) is 1. The molecule has 0 saturated carbocycles. The fraction of sp³-hybridized carbons (Fsp3) is 0.333. The minimum absolute atomic E-state index is 0.119. The van der Waals surface area contributed by atoms with Crippen LogP contribution in [0.1, 0.15) is 56.6 Å². The summed E-state index contributed by atoms with van der Waals surface area (Å²) in [4.78, 5) is 23.5. The fourth-order valence-corrected chi connectivity index (χ4v) is 6.03. The van der Waals surface area contributed by atoms with Crippen LogP contribution >= 0.6 is 11.8 Å². The summed E-state index contributed by atoms with van der Waals surface area (Å²) in [7, 11) is 0. The van der Waals surface area contributed by atoms with E-state index in [1.54, 1.807) is 12.1 Å². The maximum atomic E-state index is 14.0. The molecule has 0 bridgehead atoms. The normalized spacial score (nSPS) is 15.3. The van der Waals surface area contributed by atoms with Crippen LogP contribution in [0.15, 0.2) is 78.0 Å². The van der Waals surface area contributed by atoms with Crippen LogP contribution in [0.3, 0.4) is 0 Å². The van der Waals surface area contributed by atoms with E-state index in [-0.39, 0.29) is 23.4 Å². The van der Waals surface area contributed by atoms with Crippen molar-refractivity contribution in [1.82, 2.24) is 20.1 Å². The first-order valence-electron chi connectivity index (χ1n) is 14.9. The zero-order valence-corrected chi connectivity index (χ0v) is 26.4. The summed E-state index contributed by atoms with van der Waals surface area (Å²) in [6.07, 6.45) is -1.63. The van der Waals surface area contributed by atoms with E-state index in [2.05, 4.69) is 32.1 Å². The summed E-state index contributed by atoms with van der Waals surface area (Å²) in [5.41, 5.74) is 4.16. The van der Waals surface area contributed by atoms with Crippen molar-refractivity contribution in [1.29, 1.82) is 0 Å². The maximum Gasteiger partial charge on any atom is 0.573 e. The number of aliphatic imine (C=N–C) groups is 1. The van der Waals surface area contributed by atoms with Gasteiger partial charge in [0.2, 0.25) is 0 Å². The van der Waals surface area contributed by atoms with E-state index in [1.165, 1.54) is 53.1 Å². The monoisotopic (exact) mass is 654 g/mol. The number of amides is 2. The van der Waals surface area contributed by atoms with Crippen molar-refractivity contribution >= 4 is 28.6 Å². The molecule has 4 aromatic rings. The molecule has 13 heteroatoms. The molecule has 1 atom stereocenters. The van der Waals surface area contributed by atoms with Crippen LogP contribution in [0.25, 0.3) is 17.1 Å². The van der Waals surface area contributed by atoms with Gasteiger partial charge in [-0.1, -0.05) is 56.8 Å². The molecule has 1 aromatic heterocycles. The van der Waals surface area contributed by atoms with E-state index in [4.69, 9.17) is 0 Å². The number of hydrogen-bond acceptors (Lipinski definition) is 5. The third-order valence-electron chi connectivity index (χ3n) is 7.51. The molecule has 1 fully saturated rings. The largest absolute Gasteiger partial charge is 0.573 e. The standard InChI is InChI=1S/C33H34F4N6O2S/c1-21(2)28-19-25(34)9-14-29(28)42-17-4-18-46-32(42)40-31(44)38-16-15-22(3)23-5-7-24(8-6-23)30-39-20-43(41-30)26-10-12-27(13-11-26)45-33(35,36)37/h5-14,19-22H,4,15-18H2,1-3H3,(H,38,44)/b40-32-. The van der Waals surface area contributed by atoms with Crippen LogP contribution in [-0.4, -0.2) is 51.2 Å². The topological polar surface area (TPSA) is 84.6 Å². The lowest BCUT2D eigenvalue weighted by Crippen LogP contribution is -2.36. The Labute approximate surface area is 268 Å². The van der Waals surface area contributed by atoms with Gasteiger partial charge >= 0.3 is 12.4 Å². The van der Waals surface area contributed by atoms with Crippen LogP contribution in [0.5, 0.6) is 5.75 Å². The lowest BCUT2D eigenvalue weighted by Gasteiger charge is -2.32. The summed E-state index contributed by atoms with van der Waals surface area (Å²) >= 11 is 1.52. The third kappa shape index (κ3) is 8.45. The Morgan fingerprint density at radius 2 is 1.80 bits per heavy atom. The van der Waals surface area contributed by atoms with Gasteiger partial charge in [0.25, 0.3) is 0 Å². The number of benzene rings is 3. The molecule has 3 aromatic carbocycles. The lowest BCUT2D eigenvalue weighted by atomic mass is 9.96. The average molecular weight is 655 g/mol. The highest BCUT2D eigenvalue weighted by Gasteiger charge is 2.31. The Morgan fingerprint density at radius 1 is 1.07 bits per heavy atom. The second kappa shape index (κ2) is 14.4. The van der Waals surface area contributed by atoms with Gasteiger partial charge in [-0.05, 0) is 78.3 Å². The number of nitrogens with zero attached hydrogens (tertiary/aromatic N) is 5. The summed E-state index contributed by atoms with van der Waals surface area (Å²) in [5.74, 6) is 1.00. The van der Waals surface area contributed by atoms with Crippen LogP contribution < -0.4 is 15.0 Å². The summed E-state index contributed by atoms with van der Waals surface area (Å²) in [5, 5.41) is 7.97. The molecular formula is C33H34F4N6O2S. The van der Waals surface area contributed by atoms with Gasteiger partial charge in [-0.2, -0.15) is 4.99 Å². The molecule has 242 valence electrons. The van der Waals surface area contributed by atoms with Crippen LogP contribution in [0, 0.1) is 5.82 Å².